The van der Waals surface area contributed by atoms with E-state index in [0.717, 1.165) is 0 Å². The highest BCUT2D eigenvalue weighted by molar-refractivity contribution is 5.70. The molecule has 0 radical (unpaired) electrons. The lowest BCUT2D eigenvalue weighted by atomic mass is 10.4. The number of allylic oxidation sites excluding steroid dienone is 3. The first kappa shape index (κ1) is 10.6. The number of nitrogens with zero attached hydrogens (tertiary/aromatic N) is 1. The van der Waals surface area contributed by atoms with E-state index in [0.29, 0.717) is 6.42 Å². The molecule has 0 aliphatic heterocycles. The molecule has 0 amide bonds. The van der Waals surface area contributed by atoms with Crippen LogP contribution < -0.4 is 5.32 Å². The van der Waals surface area contributed by atoms with Gasteiger partial charge in [-0.05, 0) is 18.6 Å². The van der Waals surface area contributed by atoms with Gasteiger partial charge < -0.3 is 5.32 Å². The Balaban J connectivity index is 3.68. The van der Waals surface area contributed by atoms with E-state index in [1.807, 2.05) is 0 Å². The Labute approximate surface area is 72.2 Å². The molecule has 3 heteroatoms. The molecule has 0 atom stereocenters. The Kier molecular flexibility index (Phi) is 6.84. The Morgan fingerprint density at radius 3 is 3.00 bits per heavy atom. The molecule has 0 aromatic heterocycles. The number of rotatable bonds is 5. The molecule has 1 N–H and O–H groups in total. The number of halogens is 1. The van der Waals surface area contributed by atoms with Crippen molar-refractivity contribution in [2.75, 3.05) is 7.05 Å². The van der Waals surface area contributed by atoms with Gasteiger partial charge in [-0.15, -0.1) is 6.58 Å². The van der Waals surface area contributed by atoms with Gasteiger partial charge in [0.05, 0.1) is 0 Å². The number of hydrogen-bond donors (Lipinski definition) is 1. The molecule has 0 heterocycles. The monoisotopic (exact) mass is 168 g/mol. The molecule has 0 rings (SSSR count). The fraction of sp³-hybridized carbons (Fsp3) is 0.222. The van der Waals surface area contributed by atoms with E-state index in [4.69, 9.17) is 0 Å². The van der Waals surface area contributed by atoms with E-state index < -0.39 is 0 Å². The number of hydrogen-bond acceptors (Lipinski definition) is 2. The van der Waals surface area contributed by atoms with Crippen LogP contribution in [0.4, 0.5) is 4.39 Å². The Morgan fingerprint density at radius 2 is 2.42 bits per heavy atom. The Morgan fingerprint density at radius 1 is 1.67 bits per heavy atom. The van der Waals surface area contributed by atoms with Crippen LogP contribution in [-0.4, -0.2) is 13.3 Å². The molecule has 0 aromatic carbocycles. The second-order valence-corrected chi connectivity index (χ2v) is 1.99. The van der Waals surface area contributed by atoms with Crippen LogP contribution in [0.3, 0.4) is 0 Å². The maximum absolute atomic E-state index is 12.6. The van der Waals surface area contributed by atoms with Crippen LogP contribution in [0.2, 0.25) is 0 Å². The van der Waals surface area contributed by atoms with E-state index in [1.165, 1.54) is 12.3 Å². The molecule has 0 bridgehead atoms. The lowest BCUT2D eigenvalue weighted by Crippen LogP contribution is -1.98. The lowest BCUT2D eigenvalue weighted by Gasteiger charge is -1.92. The summed E-state index contributed by atoms with van der Waals surface area (Å²) >= 11 is 0. The van der Waals surface area contributed by atoms with Crippen molar-refractivity contribution in [3.63, 3.8) is 0 Å². The molecule has 0 spiro atoms. The standard InChI is InChI=1S/C9H13FN2/c1-3-4-6-9(10)12-8-5-7-11-2/h3,5-8,12H,1,4H2,2H3/b8-5-,9-6-,11-7?. The molecule has 0 aliphatic carbocycles. The molecule has 12 heavy (non-hydrogen) atoms. The quantitative estimate of drug-likeness (QED) is 0.380. The third-order valence-electron chi connectivity index (χ3n) is 1.02. The molecule has 0 aromatic rings. The Hall–Kier alpha value is -1.38. The zero-order valence-electron chi connectivity index (χ0n) is 7.13. The van der Waals surface area contributed by atoms with Gasteiger partial charge in [-0.2, -0.15) is 4.39 Å². The fourth-order valence-electron chi connectivity index (χ4n) is 0.503. The molecule has 0 saturated carbocycles. The van der Waals surface area contributed by atoms with Gasteiger partial charge >= 0.3 is 0 Å². The summed E-state index contributed by atoms with van der Waals surface area (Å²) in [6, 6.07) is 0. The van der Waals surface area contributed by atoms with Gasteiger partial charge in [0.2, 0.25) is 0 Å². The molecule has 0 unspecified atom stereocenters. The molecule has 0 saturated heterocycles. The zero-order chi connectivity index (χ0) is 9.23. The van der Waals surface area contributed by atoms with Crippen LogP contribution in [0.5, 0.6) is 0 Å². The molecule has 2 nitrogen and oxygen atoms in total. The first-order chi connectivity index (χ1) is 5.81. The average molecular weight is 168 g/mol. The second-order valence-electron chi connectivity index (χ2n) is 1.99. The summed E-state index contributed by atoms with van der Waals surface area (Å²) in [6.07, 6.45) is 8.20. The summed E-state index contributed by atoms with van der Waals surface area (Å²) in [5.41, 5.74) is 0. The molecular weight excluding hydrogens is 155 g/mol. The van der Waals surface area contributed by atoms with Crippen molar-refractivity contribution in [1.82, 2.24) is 5.32 Å². The predicted molar refractivity (Wildman–Crippen MR) is 50.7 cm³/mol. The van der Waals surface area contributed by atoms with Crippen LogP contribution in [0.15, 0.2) is 42.0 Å². The minimum absolute atomic E-state index is 0.379. The summed E-state index contributed by atoms with van der Waals surface area (Å²) in [7, 11) is 1.65. The van der Waals surface area contributed by atoms with Gasteiger partial charge in [-0.3, -0.25) is 4.99 Å². The summed E-state index contributed by atoms with van der Waals surface area (Å²) in [6.45, 7) is 3.46. The average Bonchev–Trinajstić information content (AvgIpc) is 2.09. The maximum Gasteiger partial charge on any atom is 0.187 e. The third-order valence-corrected chi connectivity index (χ3v) is 1.02. The van der Waals surface area contributed by atoms with Crippen LogP contribution in [0, 0.1) is 0 Å². The lowest BCUT2D eigenvalue weighted by molar-refractivity contribution is 0.582. The largest absolute Gasteiger partial charge is 0.339 e. The summed E-state index contributed by atoms with van der Waals surface area (Å²) in [4.78, 5) is 3.68. The van der Waals surface area contributed by atoms with Gasteiger partial charge in [0.25, 0.3) is 0 Å². The maximum atomic E-state index is 12.6. The predicted octanol–water partition coefficient (Wildman–Crippen LogP) is 2.18. The fourth-order valence-corrected chi connectivity index (χ4v) is 0.503. The van der Waals surface area contributed by atoms with E-state index in [1.54, 1.807) is 25.4 Å². The summed E-state index contributed by atoms with van der Waals surface area (Å²) < 4.78 is 12.6. The minimum Gasteiger partial charge on any atom is -0.339 e. The minimum atomic E-state index is -0.379. The van der Waals surface area contributed by atoms with Gasteiger partial charge in [-0.1, -0.05) is 6.08 Å². The van der Waals surface area contributed by atoms with Gasteiger partial charge in [0.1, 0.15) is 0 Å². The smallest absolute Gasteiger partial charge is 0.187 e. The van der Waals surface area contributed by atoms with Crippen molar-refractivity contribution in [3.8, 4) is 0 Å². The summed E-state index contributed by atoms with van der Waals surface area (Å²) in [5.74, 6) is -0.379. The van der Waals surface area contributed by atoms with Gasteiger partial charge in [0, 0.05) is 19.5 Å². The SMILES string of the molecule is C=CC/C=C(/F)N/C=C\C=NC. The van der Waals surface area contributed by atoms with Crippen molar-refractivity contribution >= 4 is 6.21 Å². The van der Waals surface area contributed by atoms with Crippen molar-refractivity contribution in [3.05, 3.63) is 37.0 Å². The molecule has 0 aliphatic rings. The third kappa shape index (κ3) is 6.74. The van der Waals surface area contributed by atoms with E-state index >= 15 is 0 Å². The molecule has 0 fully saturated rings. The highest BCUT2D eigenvalue weighted by Crippen LogP contribution is 1.93. The first-order valence-corrected chi connectivity index (χ1v) is 3.61. The van der Waals surface area contributed by atoms with Crippen LogP contribution in [0.25, 0.3) is 0 Å². The summed E-state index contributed by atoms with van der Waals surface area (Å²) in [5, 5.41) is 2.43. The van der Waals surface area contributed by atoms with Crippen molar-refractivity contribution in [1.29, 1.82) is 0 Å². The van der Waals surface area contributed by atoms with Crippen molar-refractivity contribution < 1.29 is 4.39 Å². The van der Waals surface area contributed by atoms with Gasteiger partial charge in [0.15, 0.2) is 5.95 Å². The zero-order valence-corrected chi connectivity index (χ0v) is 7.13. The van der Waals surface area contributed by atoms with Crippen molar-refractivity contribution in [2.24, 2.45) is 4.99 Å². The highest BCUT2D eigenvalue weighted by Gasteiger charge is 1.84. The molecule has 66 valence electrons. The van der Waals surface area contributed by atoms with Gasteiger partial charge in [-0.25, -0.2) is 0 Å². The van der Waals surface area contributed by atoms with Crippen LogP contribution >= 0.6 is 0 Å². The topological polar surface area (TPSA) is 24.4 Å². The normalized spacial score (nSPS) is 12.7. The van der Waals surface area contributed by atoms with Crippen molar-refractivity contribution in [2.45, 2.75) is 6.42 Å². The number of nitrogens with one attached hydrogen (secondary N) is 1. The van der Waals surface area contributed by atoms with Crippen LogP contribution in [-0.2, 0) is 0 Å². The van der Waals surface area contributed by atoms with E-state index in [2.05, 4.69) is 16.9 Å². The highest BCUT2D eigenvalue weighted by atomic mass is 19.1. The van der Waals surface area contributed by atoms with E-state index in [9.17, 15) is 4.39 Å². The second kappa shape index (κ2) is 7.72. The first-order valence-electron chi connectivity index (χ1n) is 3.61. The Bertz CT molecular complexity index is 205. The molecular formula is C9H13FN2. The van der Waals surface area contributed by atoms with Crippen LogP contribution in [0.1, 0.15) is 6.42 Å². The van der Waals surface area contributed by atoms with E-state index in [-0.39, 0.29) is 5.95 Å². The number of aliphatic imine (C=N–C) groups is 1.